The molecule has 0 aliphatic heterocycles. The zero-order valence-corrected chi connectivity index (χ0v) is 8.46. The number of rotatable bonds is 0. The van der Waals surface area contributed by atoms with Crippen molar-refractivity contribution in [3.05, 3.63) is 22.1 Å². The molecular formula is C9H15N3O. The molecule has 0 spiro atoms. The summed E-state index contributed by atoms with van der Waals surface area (Å²) in [7, 11) is 1.59. The fourth-order valence-corrected chi connectivity index (χ4v) is 1.15. The van der Waals surface area contributed by atoms with Gasteiger partial charge in [-0.2, -0.15) is 5.10 Å². The highest BCUT2D eigenvalue weighted by atomic mass is 16.1. The minimum absolute atomic E-state index is 0.134. The van der Waals surface area contributed by atoms with Crippen LogP contribution in [0.1, 0.15) is 26.3 Å². The Labute approximate surface area is 77.4 Å². The lowest BCUT2D eigenvalue weighted by Gasteiger charge is -2.20. The topological polar surface area (TPSA) is 60.9 Å². The van der Waals surface area contributed by atoms with E-state index < -0.39 is 0 Å². The first kappa shape index (κ1) is 9.77. The minimum Gasteiger partial charge on any atom is -0.394 e. The number of hydrogen-bond donors (Lipinski definition) is 1. The number of aromatic nitrogens is 2. The highest BCUT2D eigenvalue weighted by Gasteiger charge is 2.19. The zero-order valence-electron chi connectivity index (χ0n) is 8.46. The van der Waals surface area contributed by atoms with Crippen LogP contribution in [-0.4, -0.2) is 9.78 Å². The second-order valence-corrected chi connectivity index (χ2v) is 4.15. The van der Waals surface area contributed by atoms with Crippen LogP contribution in [-0.2, 0) is 12.5 Å². The summed E-state index contributed by atoms with van der Waals surface area (Å²) < 4.78 is 1.24. The average Bonchev–Trinajstić information content (AvgIpc) is 1.98. The molecule has 0 saturated carbocycles. The average molecular weight is 181 g/mol. The molecule has 0 radical (unpaired) electrons. The second-order valence-electron chi connectivity index (χ2n) is 4.15. The first-order valence-corrected chi connectivity index (χ1v) is 4.16. The van der Waals surface area contributed by atoms with Crippen molar-refractivity contribution in [3.63, 3.8) is 0 Å². The van der Waals surface area contributed by atoms with E-state index in [0.29, 0.717) is 5.69 Å². The van der Waals surface area contributed by atoms with Crippen molar-refractivity contribution in [2.24, 2.45) is 7.05 Å². The van der Waals surface area contributed by atoms with Gasteiger partial charge in [0.05, 0.1) is 6.20 Å². The molecule has 4 nitrogen and oxygen atoms in total. The molecule has 0 saturated heterocycles. The molecule has 2 N–H and O–H groups in total. The van der Waals surface area contributed by atoms with Crippen LogP contribution in [0.2, 0.25) is 0 Å². The predicted molar refractivity (Wildman–Crippen MR) is 52.6 cm³/mol. The van der Waals surface area contributed by atoms with Crippen LogP contribution in [0.5, 0.6) is 0 Å². The summed E-state index contributed by atoms with van der Waals surface area (Å²) in [5.41, 5.74) is 6.43. The van der Waals surface area contributed by atoms with Gasteiger partial charge in [-0.3, -0.25) is 4.79 Å². The number of nitrogen functional groups attached to an aromatic ring is 1. The molecule has 0 amide bonds. The second kappa shape index (κ2) is 2.87. The Bertz CT molecular complexity index is 373. The summed E-state index contributed by atoms with van der Waals surface area (Å²) in [6.07, 6.45) is 1.65. The van der Waals surface area contributed by atoms with Gasteiger partial charge in [-0.05, 0) is 5.41 Å². The summed E-state index contributed by atoms with van der Waals surface area (Å²) in [5, 5.41) is 3.93. The normalized spacial score (nSPS) is 11.7. The van der Waals surface area contributed by atoms with E-state index in [0.717, 1.165) is 5.56 Å². The summed E-state index contributed by atoms with van der Waals surface area (Å²) in [4.78, 5) is 11.4. The smallest absolute Gasteiger partial charge is 0.289 e. The molecule has 1 aromatic heterocycles. The molecule has 0 aromatic carbocycles. The highest BCUT2D eigenvalue weighted by molar-refractivity contribution is 5.46. The van der Waals surface area contributed by atoms with Crippen molar-refractivity contribution < 1.29 is 0 Å². The Balaban J connectivity index is 3.44. The summed E-state index contributed by atoms with van der Waals surface area (Å²) in [5.74, 6) is 0. The van der Waals surface area contributed by atoms with Crippen molar-refractivity contribution >= 4 is 5.69 Å². The monoisotopic (exact) mass is 181 g/mol. The number of nitrogens with two attached hydrogens (primary N) is 1. The Morgan fingerprint density at radius 2 is 2.00 bits per heavy atom. The fourth-order valence-electron chi connectivity index (χ4n) is 1.15. The molecule has 13 heavy (non-hydrogen) atoms. The number of aryl methyl sites for hydroxylation is 1. The molecule has 0 bridgehead atoms. The van der Waals surface area contributed by atoms with E-state index in [-0.39, 0.29) is 11.0 Å². The molecule has 1 rings (SSSR count). The number of anilines is 1. The highest BCUT2D eigenvalue weighted by Crippen LogP contribution is 2.23. The van der Waals surface area contributed by atoms with Gasteiger partial charge in [0.15, 0.2) is 0 Å². The molecule has 0 aliphatic rings. The third kappa shape index (κ3) is 1.71. The van der Waals surface area contributed by atoms with Crippen LogP contribution in [0, 0.1) is 0 Å². The van der Waals surface area contributed by atoms with Crippen LogP contribution in [0.25, 0.3) is 0 Å². The van der Waals surface area contributed by atoms with Gasteiger partial charge in [-0.1, -0.05) is 20.8 Å². The maximum Gasteiger partial charge on any atom is 0.289 e. The van der Waals surface area contributed by atoms with E-state index in [4.69, 9.17) is 5.73 Å². The lowest BCUT2D eigenvalue weighted by molar-refractivity contribution is 0.576. The molecule has 0 fully saturated rings. The minimum atomic E-state index is -0.229. The van der Waals surface area contributed by atoms with Crippen LogP contribution < -0.4 is 11.3 Å². The van der Waals surface area contributed by atoms with Crippen molar-refractivity contribution in [3.8, 4) is 0 Å². The lowest BCUT2D eigenvalue weighted by atomic mass is 9.87. The van der Waals surface area contributed by atoms with E-state index in [9.17, 15) is 4.79 Å². The van der Waals surface area contributed by atoms with E-state index >= 15 is 0 Å². The van der Waals surface area contributed by atoms with Crippen LogP contribution in [0.4, 0.5) is 5.69 Å². The molecule has 0 aliphatic carbocycles. The van der Waals surface area contributed by atoms with Gasteiger partial charge in [0.1, 0.15) is 5.69 Å². The zero-order chi connectivity index (χ0) is 10.2. The number of nitrogens with zero attached hydrogens (tertiary/aromatic N) is 2. The maximum atomic E-state index is 11.4. The molecule has 4 heteroatoms. The fraction of sp³-hybridized carbons (Fsp3) is 0.556. The molecule has 1 aromatic rings. The van der Waals surface area contributed by atoms with E-state index in [1.807, 2.05) is 20.8 Å². The van der Waals surface area contributed by atoms with Crippen LogP contribution in [0.15, 0.2) is 11.0 Å². The van der Waals surface area contributed by atoms with Gasteiger partial charge < -0.3 is 5.73 Å². The predicted octanol–water partition coefficient (Wildman–Crippen LogP) is 0.660. The Kier molecular flexibility index (Phi) is 2.15. The van der Waals surface area contributed by atoms with Crippen molar-refractivity contribution in [2.75, 3.05) is 5.73 Å². The molecule has 1 heterocycles. The van der Waals surface area contributed by atoms with Gasteiger partial charge >= 0.3 is 0 Å². The van der Waals surface area contributed by atoms with Crippen molar-refractivity contribution in [1.82, 2.24) is 9.78 Å². The van der Waals surface area contributed by atoms with Gasteiger partial charge in [-0.15, -0.1) is 0 Å². The van der Waals surface area contributed by atoms with Crippen molar-refractivity contribution in [2.45, 2.75) is 26.2 Å². The standard InChI is InChI=1S/C9H15N3O/c1-9(2,3)6-5-11-12(4)8(13)7(6)10/h5H,10H2,1-4H3. The summed E-state index contributed by atoms with van der Waals surface area (Å²) >= 11 is 0. The Morgan fingerprint density at radius 3 is 2.46 bits per heavy atom. The van der Waals surface area contributed by atoms with E-state index in [2.05, 4.69) is 5.10 Å². The SMILES string of the molecule is Cn1ncc(C(C)(C)C)c(N)c1=O. The lowest BCUT2D eigenvalue weighted by Crippen LogP contribution is -2.27. The summed E-state index contributed by atoms with van der Waals surface area (Å²) in [6, 6.07) is 0. The van der Waals surface area contributed by atoms with E-state index in [1.54, 1.807) is 13.2 Å². The quantitative estimate of drug-likeness (QED) is 0.639. The van der Waals surface area contributed by atoms with E-state index in [1.165, 1.54) is 4.68 Å². The molecule has 72 valence electrons. The Hall–Kier alpha value is -1.32. The van der Waals surface area contributed by atoms with Crippen LogP contribution >= 0.6 is 0 Å². The first-order chi connectivity index (χ1) is 5.84. The Morgan fingerprint density at radius 1 is 1.46 bits per heavy atom. The van der Waals surface area contributed by atoms with Gasteiger partial charge in [0.25, 0.3) is 5.56 Å². The molecular weight excluding hydrogens is 166 g/mol. The van der Waals surface area contributed by atoms with Gasteiger partial charge in [0, 0.05) is 12.6 Å². The summed E-state index contributed by atoms with van der Waals surface area (Å²) in [6.45, 7) is 6.00. The van der Waals surface area contributed by atoms with Crippen LogP contribution in [0.3, 0.4) is 0 Å². The molecule has 0 atom stereocenters. The maximum absolute atomic E-state index is 11.4. The molecule has 0 unspecified atom stereocenters. The largest absolute Gasteiger partial charge is 0.394 e. The first-order valence-electron chi connectivity index (χ1n) is 4.16. The van der Waals surface area contributed by atoms with Gasteiger partial charge in [0.2, 0.25) is 0 Å². The van der Waals surface area contributed by atoms with Crippen molar-refractivity contribution in [1.29, 1.82) is 0 Å². The van der Waals surface area contributed by atoms with Gasteiger partial charge in [-0.25, -0.2) is 4.68 Å². The third-order valence-electron chi connectivity index (χ3n) is 1.98. The third-order valence-corrected chi connectivity index (χ3v) is 1.98. The number of hydrogen-bond acceptors (Lipinski definition) is 3.